The average Bonchev–Trinajstić information content (AvgIpc) is 3.50. The van der Waals surface area contributed by atoms with Crippen molar-refractivity contribution >= 4 is 29.0 Å². The zero-order valence-electron chi connectivity index (χ0n) is 19.4. The number of carbonyl (C=O) groups is 2. The minimum absolute atomic E-state index is 0.0451. The van der Waals surface area contributed by atoms with Crippen molar-refractivity contribution in [3.63, 3.8) is 0 Å². The maximum Gasteiger partial charge on any atom is 0.344 e. The first-order valence-corrected chi connectivity index (χ1v) is 11.5. The smallest absolute Gasteiger partial charge is 0.344 e. The normalized spacial score (nSPS) is 19.0. The summed E-state index contributed by atoms with van der Waals surface area (Å²) in [4.78, 5) is 48.0. The van der Waals surface area contributed by atoms with E-state index in [0.29, 0.717) is 11.3 Å². The molecule has 37 heavy (non-hydrogen) atoms. The van der Waals surface area contributed by atoms with Gasteiger partial charge in [0.2, 0.25) is 5.95 Å². The van der Waals surface area contributed by atoms with Crippen LogP contribution < -0.4 is 15.6 Å². The first kappa shape index (κ1) is 24.2. The van der Waals surface area contributed by atoms with E-state index in [4.69, 9.17) is 14.2 Å². The van der Waals surface area contributed by atoms with Gasteiger partial charge in [-0.3, -0.25) is 24.5 Å². The summed E-state index contributed by atoms with van der Waals surface area (Å²) in [6.45, 7) is -0.472. The Morgan fingerprint density at radius 2 is 1.86 bits per heavy atom. The van der Waals surface area contributed by atoms with Crippen LogP contribution in [0.25, 0.3) is 11.2 Å². The molecule has 0 unspecified atom stereocenters. The number of carbonyl (C=O) groups excluding carboxylic acids is 2. The number of benzene rings is 2. The van der Waals surface area contributed by atoms with Gasteiger partial charge >= 0.3 is 5.97 Å². The van der Waals surface area contributed by atoms with Crippen LogP contribution >= 0.6 is 0 Å². The Kier molecular flexibility index (Phi) is 6.92. The zero-order valence-corrected chi connectivity index (χ0v) is 19.4. The highest BCUT2D eigenvalue weighted by atomic mass is 16.6. The van der Waals surface area contributed by atoms with Gasteiger partial charge in [0.15, 0.2) is 17.8 Å². The van der Waals surface area contributed by atoms with Crippen LogP contribution in [0, 0.1) is 0 Å². The van der Waals surface area contributed by atoms with E-state index in [1.54, 1.807) is 54.6 Å². The van der Waals surface area contributed by atoms with Gasteiger partial charge in [0.05, 0.1) is 12.4 Å². The predicted octanol–water partition coefficient (Wildman–Crippen LogP) is 1.64. The second-order valence-electron chi connectivity index (χ2n) is 8.28. The van der Waals surface area contributed by atoms with Gasteiger partial charge in [-0.1, -0.05) is 36.4 Å². The number of amides is 1. The topological polar surface area (TPSA) is 158 Å². The molecule has 0 aliphatic carbocycles. The van der Waals surface area contributed by atoms with E-state index in [2.05, 4.69) is 20.3 Å². The molecule has 12 nitrogen and oxygen atoms in total. The van der Waals surface area contributed by atoms with E-state index < -0.39 is 35.9 Å². The van der Waals surface area contributed by atoms with Gasteiger partial charge in [0.1, 0.15) is 24.7 Å². The monoisotopic (exact) mass is 505 g/mol. The minimum atomic E-state index is -0.940. The number of ether oxygens (including phenoxy) is 3. The van der Waals surface area contributed by atoms with Crippen molar-refractivity contribution in [2.24, 2.45) is 0 Å². The first-order valence-electron chi connectivity index (χ1n) is 11.5. The zero-order chi connectivity index (χ0) is 25.8. The third kappa shape index (κ3) is 5.50. The Labute approximate surface area is 209 Å². The summed E-state index contributed by atoms with van der Waals surface area (Å²) in [6, 6.07) is 17.3. The molecule has 0 spiro atoms. The van der Waals surface area contributed by atoms with Crippen LogP contribution in [0.4, 0.5) is 5.95 Å². The molecule has 3 heterocycles. The number of hydrogen-bond acceptors (Lipinski definition) is 9. The molecule has 1 aliphatic rings. The van der Waals surface area contributed by atoms with Crippen LogP contribution in [-0.2, 0) is 14.3 Å². The fourth-order valence-corrected chi connectivity index (χ4v) is 3.88. The number of aromatic amines is 1. The largest absolute Gasteiger partial charge is 0.482 e. The molecule has 3 N–H and O–H groups in total. The predicted molar refractivity (Wildman–Crippen MR) is 130 cm³/mol. The van der Waals surface area contributed by atoms with E-state index in [0.717, 1.165) is 0 Å². The number of hydrogen-bond donors (Lipinski definition) is 3. The van der Waals surface area contributed by atoms with Crippen LogP contribution in [0.3, 0.4) is 0 Å². The quantitative estimate of drug-likeness (QED) is 0.303. The number of H-pyrrole nitrogens is 1. The number of esters is 1. The average molecular weight is 505 g/mol. The van der Waals surface area contributed by atoms with Gasteiger partial charge in [-0.25, -0.2) is 9.78 Å². The van der Waals surface area contributed by atoms with Crippen molar-refractivity contribution < 1.29 is 28.9 Å². The highest BCUT2D eigenvalue weighted by Gasteiger charge is 2.37. The highest BCUT2D eigenvalue weighted by Crippen LogP contribution is 2.30. The summed E-state index contributed by atoms with van der Waals surface area (Å²) in [7, 11) is 0. The Morgan fingerprint density at radius 1 is 1.14 bits per heavy atom. The Balaban J connectivity index is 1.24. The number of imidazole rings is 1. The molecule has 5 rings (SSSR count). The van der Waals surface area contributed by atoms with Crippen molar-refractivity contribution in [3.8, 4) is 5.75 Å². The Bertz CT molecular complexity index is 1450. The van der Waals surface area contributed by atoms with E-state index in [9.17, 15) is 19.5 Å². The lowest BCUT2D eigenvalue weighted by atomic mass is 10.2. The van der Waals surface area contributed by atoms with Crippen molar-refractivity contribution in [2.75, 3.05) is 18.5 Å². The summed E-state index contributed by atoms with van der Waals surface area (Å²) >= 11 is 0. The van der Waals surface area contributed by atoms with Gasteiger partial charge in [-0.05, 0) is 24.3 Å². The molecular formula is C25H23N5O7. The lowest BCUT2D eigenvalue weighted by Gasteiger charge is -2.16. The second kappa shape index (κ2) is 10.6. The minimum Gasteiger partial charge on any atom is -0.482 e. The van der Waals surface area contributed by atoms with Crippen LogP contribution in [0.1, 0.15) is 23.0 Å². The van der Waals surface area contributed by atoms with E-state index in [1.165, 1.54) is 10.9 Å². The van der Waals surface area contributed by atoms with Crippen molar-refractivity contribution in [2.45, 2.75) is 24.9 Å². The molecule has 0 radical (unpaired) electrons. The van der Waals surface area contributed by atoms with E-state index in [-0.39, 0.29) is 36.7 Å². The molecule has 0 saturated carbocycles. The lowest BCUT2D eigenvalue weighted by molar-refractivity contribution is -0.152. The molecular weight excluding hydrogens is 482 g/mol. The van der Waals surface area contributed by atoms with Gasteiger partial charge < -0.3 is 19.3 Å². The van der Waals surface area contributed by atoms with Gasteiger partial charge in [-0.15, -0.1) is 0 Å². The van der Waals surface area contributed by atoms with Gasteiger partial charge in [0, 0.05) is 12.0 Å². The van der Waals surface area contributed by atoms with Gasteiger partial charge in [0.25, 0.3) is 11.5 Å². The Hall–Kier alpha value is -4.55. The number of fused-ring (bicyclic) bond motifs is 1. The molecule has 1 fully saturated rings. The summed E-state index contributed by atoms with van der Waals surface area (Å²) in [5.74, 6) is -0.580. The molecule has 1 aliphatic heterocycles. The fraction of sp³-hybridized carbons (Fsp3) is 0.240. The number of para-hydroxylation sites is 1. The number of anilines is 1. The fourth-order valence-electron chi connectivity index (χ4n) is 3.88. The summed E-state index contributed by atoms with van der Waals surface area (Å²) in [6.07, 6.45) is -0.952. The third-order valence-electron chi connectivity index (χ3n) is 5.72. The van der Waals surface area contributed by atoms with Crippen LogP contribution in [-0.4, -0.2) is 61.9 Å². The van der Waals surface area contributed by atoms with Crippen molar-refractivity contribution in [3.05, 3.63) is 82.9 Å². The maximum atomic E-state index is 12.5. The molecule has 2 aromatic carbocycles. The lowest BCUT2D eigenvalue weighted by Crippen LogP contribution is -2.29. The SMILES string of the molecule is O=C(COc1ccccc1)OC[C@H]1O[C@@H](n2cnc3c(=O)[nH]c(NC(=O)c4ccccc4)nc32)C[C@@H]1O. The summed E-state index contributed by atoms with van der Waals surface area (Å²) in [5, 5.41) is 13.0. The molecule has 1 saturated heterocycles. The molecule has 2 aromatic heterocycles. The number of aromatic nitrogens is 4. The maximum absolute atomic E-state index is 12.5. The number of nitrogens with zero attached hydrogens (tertiary/aromatic N) is 3. The number of nitrogens with one attached hydrogen (secondary N) is 2. The van der Waals surface area contributed by atoms with Crippen LogP contribution in [0.5, 0.6) is 5.75 Å². The van der Waals surface area contributed by atoms with E-state index in [1.807, 2.05) is 6.07 Å². The second-order valence-corrected chi connectivity index (χ2v) is 8.28. The molecule has 190 valence electrons. The number of aliphatic hydroxyl groups is 1. The number of rotatable bonds is 8. The third-order valence-corrected chi connectivity index (χ3v) is 5.72. The molecule has 3 atom stereocenters. The molecule has 0 bridgehead atoms. The summed E-state index contributed by atoms with van der Waals surface area (Å²) in [5.41, 5.74) is 0.0593. The molecule has 12 heteroatoms. The standard InChI is InChI=1S/C25H23N5O7/c31-17-11-19(37-18(17)12-36-20(32)13-35-16-9-5-2-6-10-16)30-14-26-21-22(30)27-25(29-24(21)34)28-23(33)15-7-3-1-4-8-15/h1-10,14,17-19,31H,11-13H2,(H2,27,28,29,33,34)/t17-,18+,19+/m0/s1. The first-order chi connectivity index (χ1) is 18.0. The molecule has 4 aromatic rings. The van der Waals surface area contributed by atoms with Crippen molar-refractivity contribution in [1.82, 2.24) is 19.5 Å². The highest BCUT2D eigenvalue weighted by molar-refractivity contribution is 6.03. The van der Waals surface area contributed by atoms with Crippen LogP contribution in [0.2, 0.25) is 0 Å². The molecule has 1 amide bonds. The van der Waals surface area contributed by atoms with E-state index >= 15 is 0 Å². The van der Waals surface area contributed by atoms with Crippen LogP contribution in [0.15, 0.2) is 71.8 Å². The van der Waals surface area contributed by atoms with Crippen molar-refractivity contribution in [1.29, 1.82) is 0 Å². The van der Waals surface area contributed by atoms with Gasteiger partial charge in [-0.2, -0.15) is 4.98 Å². The Morgan fingerprint density at radius 3 is 2.62 bits per heavy atom. The number of aliphatic hydroxyl groups excluding tert-OH is 1. The summed E-state index contributed by atoms with van der Waals surface area (Å²) < 4.78 is 17.9.